The van der Waals surface area contributed by atoms with Gasteiger partial charge in [-0.1, -0.05) is 12.1 Å². The molecule has 15 nitrogen and oxygen atoms in total. The molecule has 0 saturated carbocycles. The maximum absolute atomic E-state index is 13.1. The Balaban J connectivity index is 3.01. The van der Waals surface area contributed by atoms with Crippen LogP contribution in [0.5, 0.6) is 5.75 Å². The highest BCUT2D eigenvalue weighted by Crippen LogP contribution is 2.11. The first-order valence-corrected chi connectivity index (χ1v) is 12.6. The highest BCUT2D eigenvalue weighted by Gasteiger charge is 2.30. The van der Waals surface area contributed by atoms with E-state index in [0.717, 1.165) is 0 Å². The van der Waals surface area contributed by atoms with Crippen LogP contribution in [0.4, 0.5) is 0 Å². The third-order valence-corrected chi connectivity index (χ3v) is 5.85. The molecular weight excluding hydrogens is 530 g/mol. The number of unbranched alkanes of at least 4 members (excludes halogenated alkanes) is 1. The summed E-state index contributed by atoms with van der Waals surface area (Å²) in [6.07, 6.45) is -0.794. The number of nitrogens with one attached hydrogen (secondary N) is 3. The average molecular weight is 568 g/mol. The number of carbonyl (C=O) groups excluding carboxylic acids is 3. The predicted molar refractivity (Wildman–Crippen MR) is 140 cm³/mol. The second-order valence-electron chi connectivity index (χ2n) is 9.15. The lowest BCUT2D eigenvalue weighted by atomic mass is 10.0. The van der Waals surface area contributed by atoms with E-state index >= 15 is 0 Å². The van der Waals surface area contributed by atoms with Crippen molar-refractivity contribution in [2.24, 2.45) is 11.5 Å². The van der Waals surface area contributed by atoms with Crippen molar-refractivity contribution in [2.75, 3.05) is 6.54 Å². The number of amides is 3. The van der Waals surface area contributed by atoms with E-state index in [1.54, 1.807) is 12.1 Å². The fourth-order valence-corrected chi connectivity index (χ4v) is 3.63. The minimum atomic E-state index is -1.53. The van der Waals surface area contributed by atoms with Gasteiger partial charge in [0, 0.05) is 12.8 Å². The van der Waals surface area contributed by atoms with Crippen molar-refractivity contribution >= 4 is 35.6 Å². The van der Waals surface area contributed by atoms with Crippen molar-refractivity contribution in [1.82, 2.24) is 16.0 Å². The quantitative estimate of drug-likeness (QED) is 0.0879. The Kier molecular flexibility index (Phi) is 14.7. The van der Waals surface area contributed by atoms with E-state index in [1.807, 2.05) is 0 Å². The van der Waals surface area contributed by atoms with Gasteiger partial charge in [-0.2, -0.15) is 0 Å². The molecule has 1 rings (SSSR count). The van der Waals surface area contributed by atoms with Gasteiger partial charge in [0.2, 0.25) is 17.7 Å². The summed E-state index contributed by atoms with van der Waals surface area (Å²) in [5.41, 5.74) is 12.1. The van der Waals surface area contributed by atoms with Gasteiger partial charge < -0.3 is 47.8 Å². The largest absolute Gasteiger partial charge is 0.508 e. The number of carboxylic acid groups (broad SMARTS) is 3. The standard InChI is InChI=1S/C25H37N5O10/c26-12-2-1-3-17(23(37)30-19(25(39)40)9-11-21(34)35)29-24(38)18(8-10-20(32)33)28-22(36)16(27)13-14-4-6-15(31)7-5-14/h4-7,16-19,31H,1-3,8-13,26-27H2,(H,28,36)(H,29,38)(H,30,37)(H,32,33)(H,34,35)(H,39,40). The van der Waals surface area contributed by atoms with Crippen molar-refractivity contribution in [1.29, 1.82) is 0 Å². The van der Waals surface area contributed by atoms with Crippen LogP contribution in [0, 0.1) is 0 Å². The molecule has 0 fully saturated rings. The van der Waals surface area contributed by atoms with Crippen LogP contribution in [0.15, 0.2) is 24.3 Å². The molecule has 0 aliphatic carbocycles. The molecule has 0 radical (unpaired) electrons. The third kappa shape index (κ3) is 13.0. The van der Waals surface area contributed by atoms with Crippen molar-refractivity contribution in [3.63, 3.8) is 0 Å². The molecule has 0 aliphatic rings. The van der Waals surface area contributed by atoms with Crippen molar-refractivity contribution < 1.29 is 49.2 Å². The number of benzene rings is 1. The molecule has 0 saturated heterocycles. The van der Waals surface area contributed by atoms with Gasteiger partial charge in [0.1, 0.15) is 23.9 Å². The van der Waals surface area contributed by atoms with Gasteiger partial charge in [0.25, 0.3) is 0 Å². The summed E-state index contributed by atoms with van der Waals surface area (Å²) < 4.78 is 0. The van der Waals surface area contributed by atoms with Crippen LogP contribution in [0.3, 0.4) is 0 Å². The first-order chi connectivity index (χ1) is 18.8. The van der Waals surface area contributed by atoms with E-state index in [4.69, 9.17) is 21.7 Å². The molecule has 15 heteroatoms. The lowest BCUT2D eigenvalue weighted by Crippen LogP contribution is -2.57. The predicted octanol–water partition coefficient (Wildman–Crippen LogP) is -1.34. The number of aromatic hydroxyl groups is 1. The van der Waals surface area contributed by atoms with E-state index in [2.05, 4.69) is 16.0 Å². The van der Waals surface area contributed by atoms with Crippen molar-refractivity contribution in [3.05, 3.63) is 29.8 Å². The van der Waals surface area contributed by atoms with Gasteiger partial charge in [0.15, 0.2) is 0 Å². The normalized spacial score (nSPS) is 13.8. The molecule has 1 aromatic rings. The summed E-state index contributed by atoms with van der Waals surface area (Å²) in [7, 11) is 0. The summed E-state index contributed by atoms with van der Waals surface area (Å²) in [5, 5.41) is 43.7. The maximum Gasteiger partial charge on any atom is 0.326 e. The monoisotopic (exact) mass is 567 g/mol. The molecule has 0 spiro atoms. The second kappa shape index (κ2) is 17.4. The summed E-state index contributed by atoms with van der Waals surface area (Å²) in [4.78, 5) is 72.2. The van der Waals surface area contributed by atoms with Crippen LogP contribution in [0.1, 0.15) is 50.5 Å². The zero-order valence-electron chi connectivity index (χ0n) is 21.9. The Morgan fingerprint density at radius 2 is 1.18 bits per heavy atom. The van der Waals surface area contributed by atoms with Crippen LogP contribution in [0.25, 0.3) is 0 Å². The van der Waals surface area contributed by atoms with Gasteiger partial charge in [-0.05, 0) is 62.8 Å². The number of nitrogens with two attached hydrogens (primary N) is 2. The average Bonchev–Trinajstić information content (AvgIpc) is 2.88. The minimum Gasteiger partial charge on any atom is -0.508 e. The maximum atomic E-state index is 13.1. The molecule has 4 unspecified atom stereocenters. The number of carboxylic acids is 3. The third-order valence-electron chi connectivity index (χ3n) is 5.85. The Morgan fingerprint density at radius 3 is 1.68 bits per heavy atom. The van der Waals surface area contributed by atoms with E-state index in [0.29, 0.717) is 18.4 Å². The molecule has 40 heavy (non-hydrogen) atoms. The molecule has 222 valence electrons. The molecule has 0 heterocycles. The summed E-state index contributed by atoms with van der Waals surface area (Å²) in [6.45, 7) is 0.287. The topological polar surface area (TPSA) is 271 Å². The Morgan fingerprint density at radius 1 is 0.700 bits per heavy atom. The molecule has 4 atom stereocenters. The fourth-order valence-electron chi connectivity index (χ4n) is 3.63. The first kappa shape index (κ1) is 33.8. The van der Waals surface area contributed by atoms with E-state index in [-0.39, 0.29) is 31.6 Å². The minimum absolute atomic E-state index is 0.0220. The number of phenols is 1. The van der Waals surface area contributed by atoms with Crippen molar-refractivity contribution in [3.8, 4) is 5.75 Å². The fraction of sp³-hybridized carbons (Fsp3) is 0.520. The van der Waals surface area contributed by atoms with E-state index in [1.165, 1.54) is 12.1 Å². The van der Waals surface area contributed by atoms with Crippen molar-refractivity contribution in [2.45, 2.75) is 75.5 Å². The number of hydrogen-bond acceptors (Lipinski definition) is 9. The lowest BCUT2D eigenvalue weighted by Gasteiger charge is -2.25. The van der Waals surface area contributed by atoms with Gasteiger partial charge in [-0.25, -0.2) is 4.79 Å². The Labute approximate surface area is 230 Å². The zero-order chi connectivity index (χ0) is 30.2. The van der Waals surface area contributed by atoms with Crippen LogP contribution in [-0.2, 0) is 35.2 Å². The van der Waals surface area contributed by atoms with E-state index < -0.39 is 79.1 Å². The van der Waals surface area contributed by atoms with Gasteiger partial charge in [0.05, 0.1) is 6.04 Å². The summed E-state index contributed by atoms with van der Waals surface area (Å²) >= 11 is 0. The Bertz CT molecular complexity index is 1030. The number of rotatable bonds is 19. The molecule has 0 bridgehead atoms. The first-order valence-electron chi connectivity index (χ1n) is 12.6. The lowest BCUT2D eigenvalue weighted by molar-refractivity contribution is -0.143. The van der Waals surface area contributed by atoms with Gasteiger partial charge in [-0.3, -0.25) is 24.0 Å². The SMILES string of the molecule is NCCCCC(NC(=O)C(CCC(=O)O)NC(=O)C(N)Cc1ccc(O)cc1)C(=O)NC(CCC(=O)O)C(=O)O. The van der Waals surface area contributed by atoms with Crippen LogP contribution in [0.2, 0.25) is 0 Å². The highest BCUT2D eigenvalue weighted by atomic mass is 16.4. The molecular formula is C25H37N5O10. The van der Waals surface area contributed by atoms with Crippen LogP contribution >= 0.6 is 0 Å². The summed E-state index contributed by atoms with van der Waals surface area (Å²) in [5.74, 6) is -6.48. The summed E-state index contributed by atoms with van der Waals surface area (Å²) in [6, 6.07) is 0.620. The molecule has 0 aliphatic heterocycles. The number of phenolic OH excluding ortho intramolecular Hbond substituents is 1. The molecule has 0 aromatic heterocycles. The van der Waals surface area contributed by atoms with Gasteiger partial charge in [-0.15, -0.1) is 0 Å². The number of aliphatic carboxylic acids is 3. The molecule has 1 aromatic carbocycles. The second-order valence-corrected chi connectivity index (χ2v) is 9.15. The Hall–Kier alpha value is -4.24. The smallest absolute Gasteiger partial charge is 0.326 e. The highest BCUT2D eigenvalue weighted by molar-refractivity contribution is 5.94. The van der Waals surface area contributed by atoms with Crippen LogP contribution in [-0.4, -0.2) is 86.8 Å². The number of hydrogen-bond donors (Lipinski definition) is 9. The molecule has 3 amide bonds. The van der Waals surface area contributed by atoms with Crippen LogP contribution < -0.4 is 27.4 Å². The van der Waals surface area contributed by atoms with Gasteiger partial charge >= 0.3 is 17.9 Å². The number of carbonyl (C=O) groups is 6. The zero-order valence-corrected chi connectivity index (χ0v) is 21.9. The van der Waals surface area contributed by atoms with E-state index in [9.17, 15) is 39.0 Å². The molecule has 11 N–H and O–H groups in total.